The third-order valence-electron chi connectivity index (χ3n) is 6.61. The summed E-state index contributed by atoms with van der Waals surface area (Å²) in [6.07, 6.45) is 1.00. The number of ether oxygens (including phenoxy) is 1. The molecule has 0 radical (unpaired) electrons. The minimum absolute atomic E-state index is 0.0986. The van der Waals surface area contributed by atoms with Crippen LogP contribution in [0.3, 0.4) is 0 Å². The van der Waals surface area contributed by atoms with E-state index >= 15 is 0 Å². The molecular weight excluding hydrogens is 366 g/mol. The lowest BCUT2D eigenvalue weighted by Crippen LogP contribution is -2.44. The molecule has 29 heavy (non-hydrogen) atoms. The zero-order valence-corrected chi connectivity index (χ0v) is 17.0. The van der Waals surface area contributed by atoms with E-state index in [1.165, 1.54) is 4.90 Å². The fourth-order valence-electron chi connectivity index (χ4n) is 5.03. The van der Waals surface area contributed by atoms with Crippen molar-refractivity contribution in [2.75, 3.05) is 25.1 Å². The van der Waals surface area contributed by atoms with Crippen LogP contribution in [-0.2, 0) is 9.59 Å². The van der Waals surface area contributed by atoms with Crippen LogP contribution in [0.1, 0.15) is 29.2 Å². The second kappa shape index (κ2) is 6.68. The van der Waals surface area contributed by atoms with Crippen molar-refractivity contribution in [1.82, 2.24) is 10.0 Å². The van der Waals surface area contributed by atoms with Crippen molar-refractivity contribution in [3.63, 3.8) is 0 Å². The number of methoxy groups -OCH3 is 1. The smallest absolute Gasteiger partial charge is 0.253 e. The van der Waals surface area contributed by atoms with Crippen LogP contribution < -0.4 is 9.64 Å². The second-order valence-corrected chi connectivity index (χ2v) is 8.15. The third kappa shape index (κ3) is 2.63. The molecule has 2 aromatic carbocycles. The predicted octanol–water partition coefficient (Wildman–Crippen LogP) is 2.85. The van der Waals surface area contributed by atoms with Crippen LogP contribution in [0.5, 0.6) is 5.75 Å². The molecule has 150 valence electrons. The third-order valence-corrected chi connectivity index (χ3v) is 6.61. The number of hydrogen-bond acceptors (Lipinski definition) is 5. The van der Waals surface area contributed by atoms with Crippen LogP contribution in [0.15, 0.2) is 42.5 Å². The van der Waals surface area contributed by atoms with Crippen molar-refractivity contribution in [1.29, 1.82) is 0 Å². The van der Waals surface area contributed by atoms with Gasteiger partial charge >= 0.3 is 0 Å². The topological polar surface area (TPSA) is 53.1 Å². The van der Waals surface area contributed by atoms with Crippen molar-refractivity contribution >= 4 is 17.5 Å². The first-order valence-corrected chi connectivity index (χ1v) is 10.1. The summed E-state index contributed by atoms with van der Waals surface area (Å²) in [5, 5.41) is 4.35. The molecule has 0 N–H and O–H groups in total. The van der Waals surface area contributed by atoms with Gasteiger partial charge in [-0.3, -0.25) is 9.59 Å². The SMILES string of the molecule is COc1ccc([C@@H]2[C@H]3C(=O)N(c4ccc(C)c(C)c4)C(=O)[C@H]3N3CCCN23)cc1. The van der Waals surface area contributed by atoms with Crippen LogP contribution in [0.25, 0.3) is 0 Å². The lowest BCUT2D eigenvalue weighted by Gasteiger charge is -2.30. The summed E-state index contributed by atoms with van der Waals surface area (Å²) in [5.74, 6) is 0.189. The number of fused-ring (bicyclic) bond motifs is 3. The Morgan fingerprint density at radius 3 is 2.21 bits per heavy atom. The van der Waals surface area contributed by atoms with Gasteiger partial charge in [-0.05, 0) is 61.2 Å². The molecule has 2 aromatic rings. The van der Waals surface area contributed by atoms with Crippen LogP contribution in [0, 0.1) is 19.8 Å². The van der Waals surface area contributed by atoms with Crippen molar-refractivity contribution in [3.05, 3.63) is 59.2 Å². The van der Waals surface area contributed by atoms with E-state index in [4.69, 9.17) is 4.74 Å². The Kier molecular flexibility index (Phi) is 4.22. The van der Waals surface area contributed by atoms with Gasteiger partial charge in [0.1, 0.15) is 11.8 Å². The van der Waals surface area contributed by atoms with Gasteiger partial charge in [0.2, 0.25) is 5.91 Å². The number of rotatable bonds is 3. The summed E-state index contributed by atoms with van der Waals surface area (Å²) in [4.78, 5) is 28.4. The molecular formula is C23H25N3O3. The zero-order chi connectivity index (χ0) is 20.3. The van der Waals surface area contributed by atoms with Crippen molar-refractivity contribution in [2.24, 2.45) is 5.92 Å². The Morgan fingerprint density at radius 2 is 1.55 bits per heavy atom. The van der Waals surface area contributed by atoms with Crippen molar-refractivity contribution < 1.29 is 14.3 Å². The van der Waals surface area contributed by atoms with Crippen molar-refractivity contribution in [3.8, 4) is 5.75 Å². The number of imide groups is 1. The molecule has 6 nitrogen and oxygen atoms in total. The first-order chi connectivity index (χ1) is 14.0. The number of carbonyl (C=O) groups is 2. The number of hydrazine groups is 1. The maximum Gasteiger partial charge on any atom is 0.253 e. The highest BCUT2D eigenvalue weighted by Crippen LogP contribution is 2.49. The molecule has 6 heteroatoms. The van der Waals surface area contributed by atoms with E-state index in [0.29, 0.717) is 5.69 Å². The maximum absolute atomic E-state index is 13.6. The maximum atomic E-state index is 13.6. The van der Waals surface area contributed by atoms with Crippen molar-refractivity contribution in [2.45, 2.75) is 32.4 Å². The Bertz CT molecular complexity index is 987. The van der Waals surface area contributed by atoms with Gasteiger partial charge in [-0.25, -0.2) is 14.9 Å². The molecule has 3 fully saturated rings. The summed E-state index contributed by atoms with van der Waals surface area (Å²) in [7, 11) is 1.64. The van der Waals surface area contributed by atoms with E-state index in [0.717, 1.165) is 42.0 Å². The van der Waals surface area contributed by atoms with Gasteiger partial charge in [0.05, 0.1) is 24.8 Å². The van der Waals surface area contributed by atoms with Gasteiger partial charge in [-0.15, -0.1) is 0 Å². The minimum atomic E-state index is -0.418. The van der Waals surface area contributed by atoms with E-state index < -0.39 is 12.0 Å². The number of amides is 2. The van der Waals surface area contributed by atoms with Gasteiger partial charge in [0, 0.05) is 13.1 Å². The Balaban J connectivity index is 1.56. The van der Waals surface area contributed by atoms with Gasteiger partial charge in [0.25, 0.3) is 5.91 Å². The lowest BCUT2D eigenvalue weighted by atomic mass is 9.90. The molecule has 3 aliphatic rings. The molecule has 0 unspecified atom stereocenters. The monoisotopic (exact) mass is 391 g/mol. The highest BCUT2D eigenvalue weighted by molar-refractivity contribution is 6.24. The molecule has 3 atom stereocenters. The molecule has 0 aliphatic carbocycles. The fraction of sp³-hybridized carbons (Fsp3) is 0.391. The number of hydrogen-bond donors (Lipinski definition) is 0. The van der Waals surface area contributed by atoms with Crippen LogP contribution in [0.4, 0.5) is 5.69 Å². The highest BCUT2D eigenvalue weighted by atomic mass is 16.5. The largest absolute Gasteiger partial charge is 0.497 e. The number of carbonyl (C=O) groups excluding carboxylic acids is 2. The standard InChI is InChI=1S/C23H25N3O3/c1-14-5-8-17(13-15(14)2)26-22(27)19-20(16-6-9-18(29-3)10-7-16)24-11-4-12-25(24)21(19)23(26)28/h5-10,13,19-21H,4,11-12H2,1-3H3/t19-,20-,21+/m1/s1. The minimum Gasteiger partial charge on any atom is -0.497 e. The van der Waals surface area contributed by atoms with Gasteiger partial charge in [-0.2, -0.15) is 0 Å². The summed E-state index contributed by atoms with van der Waals surface area (Å²) >= 11 is 0. The molecule has 3 aliphatic heterocycles. The van der Waals surface area contributed by atoms with Gasteiger partial charge < -0.3 is 4.74 Å². The Labute approximate surface area is 170 Å². The highest BCUT2D eigenvalue weighted by Gasteiger charge is 2.62. The summed E-state index contributed by atoms with van der Waals surface area (Å²) in [6, 6.07) is 13.1. The average Bonchev–Trinajstić information content (AvgIpc) is 3.37. The Morgan fingerprint density at radius 1 is 0.862 bits per heavy atom. The predicted molar refractivity (Wildman–Crippen MR) is 109 cm³/mol. The van der Waals surface area contributed by atoms with E-state index in [1.54, 1.807) is 7.11 Å². The van der Waals surface area contributed by atoms with E-state index in [-0.39, 0.29) is 17.9 Å². The van der Waals surface area contributed by atoms with Crippen LogP contribution in [0.2, 0.25) is 0 Å². The Hall–Kier alpha value is -2.70. The van der Waals surface area contributed by atoms with Gasteiger partial charge in [-0.1, -0.05) is 18.2 Å². The van der Waals surface area contributed by atoms with Crippen LogP contribution >= 0.6 is 0 Å². The first-order valence-electron chi connectivity index (χ1n) is 10.1. The molecule has 3 heterocycles. The number of aryl methyl sites for hydroxylation is 2. The van der Waals surface area contributed by atoms with Crippen LogP contribution in [-0.4, -0.2) is 48.1 Å². The molecule has 3 saturated heterocycles. The molecule has 0 saturated carbocycles. The van der Waals surface area contributed by atoms with E-state index in [9.17, 15) is 9.59 Å². The van der Waals surface area contributed by atoms with Gasteiger partial charge in [0.15, 0.2) is 0 Å². The lowest BCUT2D eigenvalue weighted by molar-refractivity contribution is -0.126. The number of anilines is 1. The summed E-state index contributed by atoms with van der Waals surface area (Å²) in [5.41, 5.74) is 3.95. The second-order valence-electron chi connectivity index (χ2n) is 8.15. The summed E-state index contributed by atoms with van der Waals surface area (Å²) < 4.78 is 5.29. The first kappa shape index (κ1) is 18.3. The molecule has 0 aromatic heterocycles. The number of nitrogens with zero attached hydrogens (tertiary/aromatic N) is 3. The average molecular weight is 391 g/mol. The normalized spacial score (nSPS) is 26.9. The van der Waals surface area contributed by atoms with E-state index in [2.05, 4.69) is 10.0 Å². The quantitative estimate of drug-likeness (QED) is 0.753. The molecule has 2 amide bonds. The zero-order valence-electron chi connectivity index (χ0n) is 17.0. The molecule has 0 bridgehead atoms. The fourth-order valence-corrected chi connectivity index (χ4v) is 5.03. The number of benzene rings is 2. The summed E-state index contributed by atoms with van der Waals surface area (Å²) in [6.45, 7) is 5.72. The molecule has 5 rings (SSSR count). The molecule has 0 spiro atoms. The van der Waals surface area contributed by atoms with E-state index in [1.807, 2.05) is 56.3 Å².